The molecule has 2 heterocycles. The summed E-state index contributed by atoms with van der Waals surface area (Å²) in [5, 5.41) is 23.2. The minimum Gasteiger partial charge on any atom is -0.369 e. The molecule has 0 radical (unpaired) electrons. The van der Waals surface area contributed by atoms with Crippen LogP contribution in [0.3, 0.4) is 0 Å². The Morgan fingerprint density at radius 2 is 0.941 bits per heavy atom. The Morgan fingerprint density at radius 1 is 0.574 bits per heavy atom. The Balaban J connectivity index is 0.000000254. The number of nitrogens with zero attached hydrogens (tertiary/aromatic N) is 2. The van der Waals surface area contributed by atoms with Crippen LogP contribution in [0.15, 0.2) is 83.0 Å². The Labute approximate surface area is 380 Å². The van der Waals surface area contributed by atoms with Gasteiger partial charge in [-0.15, -0.1) is 0 Å². The molecule has 2 saturated carbocycles. The highest BCUT2D eigenvalue weighted by molar-refractivity contribution is 7.91. The lowest BCUT2D eigenvalue weighted by Gasteiger charge is -2.32. The molecule has 12 nitrogen and oxygen atoms in total. The second kappa shape index (κ2) is 19.2. The number of halogens is 12. The van der Waals surface area contributed by atoms with Gasteiger partial charge in [0.15, 0.2) is 29.7 Å². The van der Waals surface area contributed by atoms with Crippen LogP contribution in [-0.4, -0.2) is 85.0 Å². The zero-order chi connectivity index (χ0) is 51.1. The maximum atomic E-state index is 13.0. The van der Waals surface area contributed by atoms with Gasteiger partial charge in [-0.2, -0.15) is 52.7 Å². The summed E-state index contributed by atoms with van der Waals surface area (Å²) < 4.78 is 205. The molecular formula is C42H40F12N4O8S2. The van der Waals surface area contributed by atoms with Crippen molar-refractivity contribution < 1.29 is 89.3 Å². The zero-order valence-electron chi connectivity index (χ0n) is 35.3. The van der Waals surface area contributed by atoms with E-state index in [4.69, 9.17) is 0 Å². The number of hydrogen-bond donors (Lipinski definition) is 4. The predicted molar refractivity (Wildman–Crippen MR) is 217 cm³/mol. The summed E-state index contributed by atoms with van der Waals surface area (Å²) in [4.78, 5) is 32.6. The van der Waals surface area contributed by atoms with E-state index >= 15 is 0 Å². The van der Waals surface area contributed by atoms with E-state index in [2.05, 4.69) is 20.6 Å². The van der Waals surface area contributed by atoms with Crippen molar-refractivity contribution in [2.45, 2.75) is 98.3 Å². The smallest absolute Gasteiger partial charge is 0.369 e. The Hall–Kier alpha value is -5.34. The van der Waals surface area contributed by atoms with Crippen molar-refractivity contribution in [2.24, 2.45) is 11.8 Å². The third kappa shape index (κ3) is 12.3. The molecule has 0 aliphatic heterocycles. The van der Waals surface area contributed by atoms with Crippen LogP contribution >= 0.6 is 0 Å². The van der Waals surface area contributed by atoms with Crippen molar-refractivity contribution in [3.63, 3.8) is 0 Å². The maximum absolute atomic E-state index is 13.0. The molecular weight excluding hydrogens is 981 g/mol. The second-order valence-electron chi connectivity index (χ2n) is 16.3. The number of amides is 2. The summed E-state index contributed by atoms with van der Waals surface area (Å²) in [6.45, 7) is 3.10. The van der Waals surface area contributed by atoms with Crippen LogP contribution in [0.25, 0.3) is 0 Å². The zero-order valence-corrected chi connectivity index (χ0v) is 37.0. The third-order valence-electron chi connectivity index (χ3n) is 10.8. The molecule has 0 bridgehead atoms. The number of aryl methyl sites for hydroxylation is 2. The molecule has 6 rings (SSSR count). The summed E-state index contributed by atoms with van der Waals surface area (Å²) >= 11 is 0. The van der Waals surface area contributed by atoms with E-state index in [1.54, 1.807) is 6.92 Å². The Morgan fingerprint density at radius 3 is 1.28 bits per heavy atom. The summed E-state index contributed by atoms with van der Waals surface area (Å²) in [6, 6.07) is 8.95. The molecule has 2 amide bonds. The van der Waals surface area contributed by atoms with Gasteiger partial charge in [-0.05, 0) is 104 Å². The number of pyridine rings is 2. The standard InChI is InChI=1S/2C21H20F6N2O4S/c1-12-14(4-9-18(28-12)34(32,33)11-13-2-3-13)10-17(30)29-16-7-5-15(6-8-16)19(31,20(22,23)24)21(25,26)27;1-12-8-18(34(32,33)11-13-2-3-13)28-10-14(12)9-17(30)29-16-6-4-15(5-7-16)19(31,20(22,23)24)21(25,26)27/h4-9,13,31H,2-3,10-11H2,1H3,(H,29,30);4-8,10,13,31H,2-3,9,11H2,1H3,(H,29,30). The molecule has 0 spiro atoms. The first kappa shape index (κ1) is 53.6. The Bertz CT molecular complexity index is 2510. The number of nitrogens with one attached hydrogen (secondary N) is 2. The highest BCUT2D eigenvalue weighted by atomic mass is 32.2. The van der Waals surface area contributed by atoms with Gasteiger partial charge < -0.3 is 20.8 Å². The highest BCUT2D eigenvalue weighted by Crippen LogP contribution is 2.51. The van der Waals surface area contributed by atoms with E-state index < -0.39 is 78.5 Å². The van der Waals surface area contributed by atoms with Gasteiger partial charge in [-0.25, -0.2) is 26.8 Å². The predicted octanol–water partition coefficient (Wildman–Crippen LogP) is 8.13. The second-order valence-corrected chi connectivity index (χ2v) is 20.3. The van der Waals surface area contributed by atoms with Crippen molar-refractivity contribution in [1.82, 2.24) is 9.97 Å². The van der Waals surface area contributed by atoms with Crippen molar-refractivity contribution in [2.75, 3.05) is 22.1 Å². The molecule has 4 N–H and O–H groups in total. The van der Waals surface area contributed by atoms with Crippen LogP contribution in [0.5, 0.6) is 0 Å². The lowest BCUT2D eigenvalue weighted by atomic mass is 9.92. The molecule has 2 aromatic heterocycles. The SMILES string of the molecule is Cc1cc(S(=O)(=O)CC2CC2)ncc1CC(=O)Nc1ccc(C(O)(C(F)(F)F)C(F)(F)F)cc1.Cc1nc(S(=O)(=O)CC2CC2)ccc1CC(=O)Nc1ccc(C(O)(C(F)(F)F)C(F)(F)F)cc1. The molecule has 2 fully saturated rings. The van der Waals surface area contributed by atoms with Gasteiger partial charge in [0.1, 0.15) is 0 Å². The first-order valence-electron chi connectivity index (χ1n) is 20.0. The van der Waals surface area contributed by atoms with Gasteiger partial charge >= 0.3 is 24.7 Å². The molecule has 68 heavy (non-hydrogen) atoms. The van der Waals surface area contributed by atoms with Crippen molar-refractivity contribution in [3.05, 3.63) is 106 Å². The minimum atomic E-state index is -6.02. The van der Waals surface area contributed by atoms with E-state index in [-0.39, 0.29) is 57.6 Å². The van der Waals surface area contributed by atoms with Crippen LogP contribution in [0.2, 0.25) is 0 Å². The van der Waals surface area contributed by atoms with Gasteiger partial charge in [-0.1, -0.05) is 30.3 Å². The first-order chi connectivity index (χ1) is 31.1. The fourth-order valence-corrected chi connectivity index (χ4v) is 9.89. The molecule has 372 valence electrons. The highest BCUT2D eigenvalue weighted by Gasteiger charge is 2.72. The number of carbonyl (C=O) groups excluding carboxylic acids is 2. The Kier molecular flexibility index (Phi) is 15.2. The lowest BCUT2D eigenvalue weighted by molar-refractivity contribution is -0.376. The van der Waals surface area contributed by atoms with E-state index in [1.807, 2.05) is 0 Å². The topological polar surface area (TPSA) is 193 Å². The number of sulfone groups is 2. The molecule has 2 aliphatic carbocycles. The van der Waals surface area contributed by atoms with E-state index in [9.17, 15) is 89.3 Å². The molecule has 2 aromatic carbocycles. The van der Waals surface area contributed by atoms with Crippen molar-refractivity contribution in [3.8, 4) is 0 Å². The number of aliphatic hydroxyl groups is 2. The van der Waals surface area contributed by atoms with Gasteiger partial charge in [0, 0.05) is 34.4 Å². The molecule has 0 saturated heterocycles. The van der Waals surface area contributed by atoms with E-state index in [0.29, 0.717) is 46.6 Å². The van der Waals surface area contributed by atoms with Gasteiger partial charge in [0.25, 0.3) is 11.2 Å². The van der Waals surface area contributed by atoms with E-state index in [1.165, 1.54) is 31.3 Å². The number of hydrogen-bond acceptors (Lipinski definition) is 10. The summed E-state index contributed by atoms with van der Waals surface area (Å²) in [5.41, 5.74) is -11.7. The lowest BCUT2D eigenvalue weighted by Crippen LogP contribution is -2.53. The third-order valence-corrected chi connectivity index (χ3v) is 14.4. The van der Waals surface area contributed by atoms with Gasteiger partial charge in [0.2, 0.25) is 11.8 Å². The van der Waals surface area contributed by atoms with Gasteiger partial charge in [0.05, 0.1) is 24.3 Å². The van der Waals surface area contributed by atoms with Crippen LogP contribution in [0, 0.1) is 25.7 Å². The molecule has 0 atom stereocenters. The number of anilines is 2. The molecule has 26 heteroatoms. The minimum absolute atomic E-state index is 0.00702. The van der Waals surface area contributed by atoms with Crippen molar-refractivity contribution in [1.29, 1.82) is 0 Å². The molecule has 0 unspecified atom stereocenters. The largest absolute Gasteiger partial charge is 0.430 e. The van der Waals surface area contributed by atoms with Crippen LogP contribution < -0.4 is 10.6 Å². The van der Waals surface area contributed by atoms with Crippen LogP contribution in [0.4, 0.5) is 64.1 Å². The number of benzene rings is 2. The number of carbonyl (C=O) groups is 2. The van der Waals surface area contributed by atoms with Crippen LogP contribution in [0.1, 0.15) is 59.2 Å². The fraction of sp³-hybridized carbons (Fsp3) is 0.429. The monoisotopic (exact) mass is 1020 g/mol. The number of rotatable bonds is 14. The summed E-state index contributed by atoms with van der Waals surface area (Å²) in [6.07, 6.45) is -19.9. The number of alkyl halides is 12. The average molecular weight is 1020 g/mol. The molecule has 2 aliphatic rings. The maximum Gasteiger partial charge on any atom is 0.430 e. The quantitative estimate of drug-likeness (QED) is 0.0897. The molecule has 4 aromatic rings. The normalized spacial score (nSPS) is 15.3. The van der Waals surface area contributed by atoms with Crippen LogP contribution in [-0.2, 0) is 53.3 Å². The number of aromatic nitrogens is 2. The van der Waals surface area contributed by atoms with Crippen molar-refractivity contribution >= 4 is 42.9 Å². The first-order valence-corrected chi connectivity index (χ1v) is 23.3. The van der Waals surface area contributed by atoms with Gasteiger partial charge in [-0.3, -0.25) is 9.59 Å². The average Bonchev–Trinajstić information content (AvgIpc) is 4.16. The van der Waals surface area contributed by atoms with E-state index in [0.717, 1.165) is 49.9 Å². The fourth-order valence-electron chi connectivity index (χ4n) is 6.52. The summed E-state index contributed by atoms with van der Waals surface area (Å²) in [5.74, 6) is -1.04. The summed E-state index contributed by atoms with van der Waals surface area (Å²) in [7, 11) is -7.09.